The number of nitrogens with two attached hydrogens (primary N) is 1. The molecule has 4 N–H and O–H groups in total. The number of amides is 1. The van der Waals surface area contributed by atoms with Crippen LogP contribution in [0.3, 0.4) is 0 Å². The molecule has 0 aromatic heterocycles. The van der Waals surface area contributed by atoms with Gasteiger partial charge in [-0.25, -0.2) is 4.99 Å². The van der Waals surface area contributed by atoms with E-state index in [1.807, 2.05) is 0 Å². The molecule has 1 radical (unpaired) electrons. The van der Waals surface area contributed by atoms with Gasteiger partial charge in [0.05, 0.1) is 0 Å². The molecule has 0 saturated carbocycles. The SMILES string of the molecule is CC(=O)N=CCN.O.[Y]. The maximum Gasteiger partial charge on any atom is 0.242 e. The summed E-state index contributed by atoms with van der Waals surface area (Å²) in [5.74, 6) is -0.203. The van der Waals surface area contributed by atoms with Crippen molar-refractivity contribution in [3.63, 3.8) is 0 Å². The molecule has 5 heteroatoms. The molecular weight excluding hydrogens is 197 g/mol. The van der Waals surface area contributed by atoms with Crippen molar-refractivity contribution < 1.29 is 43.0 Å². The van der Waals surface area contributed by atoms with Crippen LogP contribution in [0.15, 0.2) is 4.99 Å². The summed E-state index contributed by atoms with van der Waals surface area (Å²) in [5.41, 5.74) is 4.98. The van der Waals surface area contributed by atoms with Crippen molar-refractivity contribution in [2.75, 3.05) is 6.54 Å². The predicted molar refractivity (Wildman–Crippen MR) is 31.8 cm³/mol. The first-order chi connectivity index (χ1) is 3.27. The van der Waals surface area contributed by atoms with Gasteiger partial charge in [0.1, 0.15) is 0 Å². The summed E-state index contributed by atoms with van der Waals surface area (Å²) in [6.07, 6.45) is 1.38. The van der Waals surface area contributed by atoms with Gasteiger partial charge in [-0.1, -0.05) is 0 Å². The fourth-order valence-corrected chi connectivity index (χ4v) is 0.181. The van der Waals surface area contributed by atoms with E-state index in [-0.39, 0.29) is 44.1 Å². The van der Waals surface area contributed by atoms with E-state index in [0.29, 0.717) is 6.54 Å². The topological polar surface area (TPSA) is 87.0 Å². The summed E-state index contributed by atoms with van der Waals surface area (Å²) in [7, 11) is 0. The van der Waals surface area contributed by atoms with Gasteiger partial charge in [0, 0.05) is 52.4 Å². The van der Waals surface area contributed by atoms with E-state index in [2.05, 4.69) is 4.99 Å². The van der Waals surface area contributed by atoms with Crippen LogP contribution in [0.1, 0.15) is 6.92 Å². The molecule has 0 aliphatic heterocycles. The van der Waals surface area contributed by atoms with Crippen molar-refractivity contribution in [1.29, 1.82) is 0 Å². The monoisotopic (exact) mass is 207 g/mol. The Balaban J connectivity index is -0.000000180. The van der Waals surface area contributed by atoms with Crippen LogP contribution < -0.4 is 5.73 Å². The van der Waals surface area contributed by atoms with Crippen molar-refractivity contribution in [2.24, 2.45) is 10.7 Å². The summed E-state index contributed by atoms with van der Waals surface area (Å²) in [5, 5.41) is 0. The molecule has 0 aromatic rings. The first kappa shape index (κ1) is 16.2. The molecular formula is C4H10N2O2Y. The molecule has 0 heterocycles. The van der Waals surface area contributed by atoms with E-state index in [9.17, 15) is 4.79 Å². The van der Waals surface area contributed by atoms with Gasteiger partial charge in [0.25, 0.3) is 0 Å². The molecule has 0 saturated heterocycles. The number of hydrogen-bond donors (Lipinski definition) is 1. The molecule has 0 aromatic carbocycles. The Morgan fingerprint density at radius 2 is 2.22 bits per heavy atom. The van der Waals surface area contributed by atoms with Crippen LogP contribution in [0.25, 0.3) is 0 Å². The predicted octanol–water partition coefficient (Wildman–Crippen LogP) is -1.26. The Labute approximate surface area is 79.1 Å². The largest absolute Gasteiger partial charge is 0.412 e. The molecule has 0 unspecified atom stereocenters. The molecule has 0 spiro atoms. The van der Waals surface area contributed by atoms with Crippen LogP contribution in [0.5, 0.6) is 0 Å². The third kappa shape index (κ3) is 17.8. The molecule has 4 nitrogen and oxygen atoms in total. The van der Waals surface area contributed by atoms with Gasteiger partial charge in [0.15, 0.2) is 0 Å². The van der Waals surface area contributed by atoms with Gasteiger partial charge >= 0.3 is 0 Å². The van der Waals surface area contributed by atoms with Crippen LogP contribution in [0, 0.1) is 0 Å². The molecule has 1 amide bonds. The van der Waals surface area contributed by atoms with Crippen molar-refractivity contribution in [2.45, 2.75) is 6.92 Å². The molecule has 51 valence electrons. The zero-order chi connectivity index (χ0) is 5.70. The van der Waals surface area contributed by atoms with E-state index >= 15 is 0 Å². The molecule has 0 fully saturated rings. The molecule has 9 heavy (non-hydrogen) atoms. The smallest absolute Gasteiger partial charge is 0.242 e. The van der Waals surface area contributed by atoms with Crippen molar-refractivity contribution >= 4 is 12.1 Å². The van der Waals surface area contributed by atoms with E-state index in [4.69, 9.17) is 5.73 Å². The van der Waals surface area contributed by atoms with Crippen LogP contribution in [-0.2, 0) is 37.5 Å². The minimum absolute atomic E-state index is 0. The van der Waals surface area contributed by atoms with Gasteiger partial charge in [-0.15, -0.1) is 0 Å². The fraction of sp³-hybridized carbons (Fsp3) is 0.500. The quantitative estimate of drug-likeness (QED) is 0.543. The minimum Gasteiger partial charge on any atom is -0.412 e. The Hall–Kier alpha value is 0.364. The minimum atomic E-state index is -0.203. The summed E-state index contributed by atoms with van der Waals surface area (Å²) in [6, 6.07) is 0. The van der Waals surface area contributed by atoms with Gasteiger partial charge < -0.3 is 11.2 Å². The van der Waals surface area contributed by atoms with Gasteiger partial charge in [-0.05, 0) is 0 Å². The number of hydrogen-bond acceptors (Lipinski definition) is 2. The van der Waals surface area contributed by atoms with Crippen molar-refractivity contribution in [3.05, 3.63) is 0 Å². The molecule has 0 bridgehead atoms. The number of nitrogens with zero attached hydrogens (tertiary/aromatic N) is 1. The number of carbonyl (C=O) groups excluding carboxylic acids is 1. The Morgan fingerprint density at radius 3 is 2.33 bits per heavy atom. The summed E-state index contributed by atoms with van der Waals surface area (Å²) < 4.78 is 0. The number of carbonyl (C=O) groups is 1. The second-order valence-electron chi connectivity index (χ2n) is 1.07. The summed E-state index contributed by atoms with van der Waals surface area (Å²) in [4.78, 5) is 13.3. The molecule has 0 aliphatic rings. The maximum atomic E-state index is 9.95. The van der Waals surface area contributed by atoms with E-state index in [0.717, 1.165) is 0 Å². The summed E-state index contributed by atoms with van der Waals surface area (Å²) in [6.45, 7) is 1.71. The van der Waals surface area contributed by atoms with Crippen LogP contribution in [-0.4, -0.2) is 24.1 Å². The Kier molecular flexibility index (Phi) is 20.1. The Bertz CT molecular complexity index is 94.6. The first-order valence-electron chi connectivity index (χ1n) is 2.00. The zero-order valence-electron chi connectivity index (χ0n) is 5.29. The number of rotatable bonds is 1. The first-order valence-corrected chi connectivity index (χ1v) is 2.00. The molecule has 0 atom stereocenters. The standard InChI is InChI=1S/C4H8N2O.H2O.Y/c1-4(7)6-3-2-5;;/h3H,2,5H2,1H3;1H2;. The second-order valence-corrected chi connectivity index (χ2v) is 1.07. The second kappa shape index (κ2) is 11.2. The van der Waals surface area contributed by atoms with Gasteiger partial charge in [-0.3, -0.25) is 4.79 Å². The van der Waals surface area contributed by atoms with E-state index in [1.165, 1.54) is 13.1 Å². The molecule has 0 rings (SSSR count). The average Bonchev–Trinajstić information content (AvgIpc) is 1.61. The zero-order valence-corrected chi connectivity index (χ0v) is 8.13. The summed E-state index contributed by atoms with van der Waals surface area (Å²) >= 11 is 0. The number of aliphatic imine (C=N–C) groups is 1. The van der Waals surface area contributed by atoms with Gasteiger partial charge in [0.2, 0.25) is 5.91 Å². The van der Waals surface area contributed by atoms with E-state index in [1.54, 1.807) is 0 Å². The van der Waals surface area contributed by atoms with Crippen LogP contribution >= 0.6 is 0 Å². The molecule has 0 aliphatic carbocycles. The van der Waals surface area contributed by atoms with E-state index < -0.39 is 0 Å². The van der Waals surface area contributed by atoms with Crippen molar-refractivity contribution in [3.8, 4) is 0 Å². The maximum absolute atomic E-state index is 9.95. The average molecular weight is 207 g/mol. The third-order valence-corrected chi connectivity index (χ3v) is 0.379. The van der Waals surface area contributed by atoms with Crippen LogP contribution in [0.2, 0.25) is 0 Å². The van der Waals surface area contributed by atoms with Crippen LogP contribution in [0.4, 0.5) is 0 Å². The van der Waals surface area contributed by atoms with Gasteiger partial charge in [-0.2, -0.15) is 0 Å². The third-order valence-electron chi connectivity index (χ3n) is 0.379. The fourth-order valence-electron chi connectivity index (χ4n) is 0.181. The van der Waals surface area contributed by atoms with Crippen molar-refractivity contribution in [1.82, 2.24) is 0 Å². The Morgan fingerprint density at radius 1 is 1.78 bits per heavy atom. The normalized spacial score (nSPS) is 7.78.